The minimum Gasteiger partial charge on any atom is -0.497 e. The highest BCUT2D eigenvalue weighted by molar-refractivity contribution is 7.90. The van der Waals surface area contributed by atoms with Crippen LogP contribution >= 0.6 is 0 Å². The Morgan fingerprint density at radius 2 is 1.66 bits per heavy atom. The number of aromatic nitrogens is 2. The van der Waals surface area contributed by atoms with Gasteiger partial charge in [0.15, 0.2) is 0 Å². The molecule has 2 aromatic rings. The smallest absolute Gasteiger partial charge is 0.287 e. The van der Waals surface area contributed by atoms with Crippen molar-refractivity contribution in [2.24, 2.45) is 0 Å². The van der Waals surface area contributed by atoms with Crippen LogP contribution in [0.5, 0.6) is 11.5 Å². The van der Waals surface area contributed by atoms with E-state index >= 15 is 0 Å². The van der Waals surface area contributed by atoms with Gasteiger partial charge in [0.25, 0.3) is 10.0 Å². The molecule has 2 heterocycles. The molecule has 160 valence electrons. The lowest BCUT2D eigenvalue weighted by Crippen LogP contribution is -2.41. The van der Waals surface area contributed by atoms with E-state index in [1.54, 1.807) is 6.07 Å². The van der Waals surface area contributed by atoms with Crippen LogP contribution in [0.4, 0.5) is 0 Å². The molecule has 0 N–H and O–H groups in total. The van der Waals surface area contributed by atoms with Crippen LogP contribution in [0, 0.1) is 13.8 Å². The van der Waals surface area contributed by atoms with Crippen molar-refractivity contribution < 1.29 is 31.0 Å². The number of aryl methyl sites for hydroxylation is 1. The molecule has 1 aromatic heterocycles. The number of ether oxygens (including phenoxy) is 3. The second-order valence-corrected chi connectivity index (χ2v) is 9.99. The SMILES string of the molecule is COc1ccc(OC)c(S(=O)(=O)n2nc(C)c(S(=O)(=O)N3CCOCC3)c2C)c1. The van der Waals surface area contributed by atoms with Gasteiger partial charge in [-0.05, 0) is 26.0 Å². The van der Waals surface area contributed by atoms with Crippen molar-refractivity contribution in [1.29, 1.82) is 0 Å². The van der Waals surface area contributed by atoms with E-state index in [9.17, 15) is 16.8 Å². The average Bonchev–Trinajstić information content (AvgIpc) is 3.03. The molecule has 29 heavy (non-hydrogen) atoms. The molecule has 12 heteroatoms. The first-order valence-corrected chi connectivity index (χ1v) is 11.6. The van der Waals surface area contributed by atoms with E-state index in [-0.39, 0.29) is 53.2 Å². The third-order valence-corrected chi connectivity index (χ3v) is 8.47. The van der Waals surface area contributed by atoms with Crippen LogP contribution in [-0.4, -0.2) is 70.8 Å². The molecule has 1 aliphatic heterocycles. The van der Waals surface area contributed by atoms with Gasteiger partial charge in [0.2, 0.25) is 10.0 Å². The quantitative estimate of drug-likeness (QED) is 0.640. The van der Waals surface area contributed by atoms with Crippen LogP contribution in [0.1, 0.15) is 11.4 Å². The van der Waals surface area contributed by atoms with E-state index < -0.39 is 20.0 Å². The number of rotatable bonds is 6. The number of morpholine rings is 1. The predicted octanol–water partition coefficient (Wildman–Crippen LogP) is 0.775. The third kappa shape index (κ3) is 3.72. The number of benzene rings is 1. The molecule has 1 aliphatic rings. The topological polar surface area (TPSA) is 117 Å². The average molecular weight is 446 g/mol. The van der Waals surface area contributed by atoms with Gasteiger partial charge in [-0.3, -0.25) is 0 Å². The third-order valence-electron chi connectivity index (χ3n) is 4.63. The molecule has 0 saturated carbocycles. The standard InChI is InChI=1S/C17H23N3O7S2/c1-12-17(29(23,24)19-7-9-27-10-8-19)13(2)20(18-12)28(21,22)16-11-14(25-3)5-6-15(16)26-4/h5-6,11H,7-10H2,1-4H3. The Bertz CT molecular complexity index is 1120. The maximum atomic E-state index is 13.3. The highest BCUT2D eigenvalue weighted by Crippen LogP contribution is 2.32. The van der Waals surface area contributed by atoms with Crippen LogP contribution < -0.4 is 9.47 Å². The zero-order valence-corrected chi connectivity index (χ0v) is 18.2. The van der Waals surface area contributed by atoms with Crippen LogP contribution in [-0.2, 0) is 24.8 Å². The molecular formula is C17H23N3O7S2. The molecule has 3 rings (SSSR count). The van der Waals surface area contributed by atoms with Gasteiger partial charge < -0.3 is 14.2 Å². The molecule has 0 unspecified atom stereocenters. The fourth-order valence-electron chi connectivity index (χ4n) is 3.21. The van der Waals surface area contributed by atoms with Crippen molar-refractivity contribution in [3.8, 4) is 11.5 Å². The number of hydrogen-bond donors (Lipinski definition) is 0. The first-order chi connectivity index (χ1) is 13.6. The number of methoxy groups -OCH3 is 2. The first kappa shape index (κ1) is 21.6. The lowest BCUT2D eigenvalue weighted by atomic mass is 10.3. The molecule has 0 atom stereocenters. The fraction of sp³-hybridized carbons (Fsp3) is 0.471. The second-order valence-electron chi connectivity index (χ2n) is 6.38. The van der Waals surface area contributed by atoms with E-state index in [0.717, 1.165) is 4.09 Å². The van der Waals surface area contributed by atoms with Crippen molar-refractivity contribution in [2.75, 3.05) is 40.5 Å². The van der Waals surface area contributed by atoms with Gasteiger partial charge >= 0.3 is 0 Å². The summed E-state index contributed by atoms with van der Waals surface area (Å²) in [6, 6.07) is 4.33. The lowest BCUT2D eigenvalue weighted by Gasteiger charge is -2.26. The molecule has 0 bridgehead atoms. The predicted molar refractivity (Wildman–Crippen MR) is 103 cm³/mol. The van der Waals surface area contributed by atoms with E-state index in [2.05, 4.69) is 5.10 Å². The van der Waals surface area contributed by atoms with E-state index in [0.29, 0.717) is 5.75 Å². The van der Waals surface area contributed by atoms with Gasteiger partial charge in [-0.15, -0.1) is 0 Å². The molecule has 1 saturated heterocycles. The molecule has 0 amide bonds. The summed E-state index contributed by atoms with van der Waals surface area (Å²) >= 11 is 0. The minimum absolute atomic E-state index is 0.00105. The summed E-state index contributed by atoms with van der Waals surface area (Å²) in [6.07, 6.45) is 0. The number of nitrogens with zero attached hydrogens (tertiary/aromatic N) is 3. The Morgan fingerprint density at radius 3 is 2.24 bits per heavy atom. The lowest BCUT2D eigenvalue weighted by molar-refractivity contribution is 0.0730. The van der Waals surface area contributed by atoms with Crippen molar-refractivity contribution >= 4 is 20.0 Å². The summed E-state index contributed by atoms with van der Waals surface area (Å²) in [5.41, 5.74) is 0.0956. The van der Waals surface area contributed by atoms with Gasteiger partial charge in [0, 0.05) is 19.2 Å². The summed E-state index contributed by atoms with van der Waals surface area (Å²) in [5.74, 6) is 0.406. The highest BCUT2D eigenvalue weighted by Gasteiger charge is 2.35. The summed E-state index contributed by atoms with van der Waals surface area (Å²) in [6.45, 7) is 3.84. The molecule has 10 nitrogen and oxygen atoms in total. The Hall–Kier alpha value is -2.15. The Balaban J connectivity index is 2.15. The van der Waals surface area contributed by atoms with Crippen LogP contribution in [0.15, 0.2) is 28.0 Å². The molecule has 0 spiro atoms. The van der Waals surface area contributed by atoms with E-state index in [4.69, 9.17) is 14.2 Å². The van der Waals surface area contributed by atoms with Crippen molar-refractivity contribution in [3.05, 3.63) is 29.6 Å². The Kier molecular flexibility index (Phi) is 5.90. The van der Waals surface area contributed by atoms with Crippen LogP contribution in [0.2, 0.25) is 0 Å². The highest BCUT2D eigenvalue weighted by atomic mass is 32.2. The van der Waals surface area contributed by atoms with Crippen LogP contribution in [0.3, 0.4) is 0 Å². The van der Waals surface area contributed by atoms with Crippen molar-refractivity contribution in [1.82, 2.24) is 13.5 Å². The van der Waals surface area contributed by atoms with Gasteiger partial charge in [-0.25, -0.2) is 8.42 Å². The Morgan fingerprint density at radius 1 is 1.00 bits per heavy atom. The largest absolute Gasteiger partial charge is 0.497 e. The zero-order chi connectivity index (χ0) is 21.4. The molecule has 0 aliphatic carbocycles. The number of hydrogen-bond acceptors (Lipinski definition) is 8. The molecule has 1 aromatic carbocycles. The zero-order valence-electron chi connectivity index (χ0n) is 16.6. The summed E-state index contributed by atoms with van der Waals surface area (Å²) < 4.78 is 70.3. The molecule has 0 radical (unpaired) electrons. The monoisotopic (exact) mass is 445 g/mol. The van der Waals surface area contributed by atoms with Crippen molar-refractivity contribution in [3.63, 3.8) is 0 Å². The second kappa shape index (κ2) is 7.94. The maximum Gasteiger partial charge on any atom is 0.287 e. The first-order valence-electron chi connectivity index (χ1n) is 8.76. The summed E-state index contributed by atoms with van der Waals surface area (Å²) in [4.78, 5) is -0.301. The van der Waals surface area contributed by atoms with Gasteiger partial charge in [-0.2, -0.15) is 21.9 Å². The minimum atomic E-state index is -4.24. The van der Waals surface area contributed by atoms with E-state index in [1.165, 1.54) is 44.5 Å². The van der Waals surface area contributed by atoms with Crippen molar-refractivity contribution in [2.45, 2.75) is 23.6 Å². The number of sulfonamides is 1. The van der Waals surface area contributed by atoms with Gasteiger partial charge in [-0.1, -0.05) is 0 Å². The Labute approximate surface area is 170 Å². The van der Waals surface area contributed by atoms with E-state index in [1.807, 2.05) is 0 Å². The fourth-order valence-corrected chi connectivity index (χ4v) is 6.57. The van der Waals surface area contributed by atoms with Gasteiger partial charge in [0.1, 0.15) is 21.3 Å². The van der Waals surface area contributed by atoms with Gasteiger partial charge in [0.05, 0.1) is 38.8 Å². The summed E-state index contributed by atoms with van der Waals surface area (Å²) in [5, 5.41) is 4.05. The molecule has 1 fully saturated rings. The normalized spacial score (nSPS) is 16.0. The van der Waals surface area contributed by atoms with Crippen LogP contribution in [0.25, 0.3) is 0 Å². The maximum absolute atomic E-state index is 13.3. The molecular weight excluding hydrogens is 422 g/mol. The summed E-state index contributed by atoms with van der Waals surface area (Å²) in [7, 11) is -5.41.